The molecule has 26 heavy (non-hydrogen) atoms. The van der Waals surface area contributed by atoms with E-state index < -0.39 is 5.91 Å². The van der Waals surface area contributed by atoms with Crippen LogP contribution in [0.2, 0.25) is 0 Å². The van der Waals surface area contributed by atoms with Crippen molar-refractivity contribution in [3.8, 4) is 11.6 Å². The highest BCUT2D eigenvalue weighted by Gasteiger charge is 2.28. The zero-order valence-corrected chi connectivity index (χ0v) is 15.1. The third-order valence-corrected chi connectivity index (χ3v) is 4.31. The van der Waals surface area contributed by atoms with Gasteiger partial charge in [-0.2, -0.15) is 0 Å². The molecular formula is C19H23N3O4. The van der Waals surface area contributed by atoms with Gasteiger partial charge in [0.25, 0.3) is 5.91 Å². The first-order valence-electron chi connectivity index (χ1n) is 8.67. The van der Waals surface area contributed by atoms with Gasteiger partial charge in [-0.3, -0.25) is 9.59 Å². The van der Waals surface area contributed by atoms with Crippen LogP contribution < -0.4 is 20.5 Å². The van der Waals surface area contributed by atoms with Gasteiger partial charge in [-0.25, -0.2) is 4.98 Å². The van der Waals surface area contributed by atoms with E-state index in [1.165, 1.54) is 0 Å². The molecule has 1 aromatic carbocycles. The maximum Gasteiger partial charge on any atom is 0.252 e. The van der Waals surface area contributed by atoms with Gasteiger partial charge in [0.2, 0.25) is 11.8 Å². The number of carbonyl (C=O) groups excluding carboxylic acids is 2. The molecule has 7 nitrogen and oxygen atoms in total. The van der Waals surface area contributed by atoms with Crippen molar-refractivity contribution in [1.82, 2.24) is 10.3 Å². The number of ether oxygens (including phenoxy) is 2. The molecular weight excluding hydrogens is 334 g/mol. The Morgan fingerprint density at radius 1 is 1.42 bits per heavy atom. The van der Waals surface area contributed by atoms with Crippen LogP contribution in [0.1, 0.15) is 37.6 Å². The molecule has 0 saturated carbocycles. The Balaban J connectivity index is 1.90. The van der Waals surface area contributed by atoms with Crippen LogP contribution in [-0.2, 0) is 4.79 Å². The fourth-order valence-electron chi connectivity index (χ4n) is 3.06. The number of rotatable bonds is 6. The summed E-state index contributed by atoms with van der Waals surface area (Å²) in [6, 6.07) is 5.16. The van der Waals surface area contributed by atoms with Crippen LogP contribution in [0.5, 0.6) is 11.6 Å². The molecule has 2 amide bonds. The second kappa shape index (κ2) is 7.19. The number of hydrogen-bond donors (Lipinski definition) is 2. The average molecular weight is 357 g/mol. The quantitative estimate of drug-likeness (QED) is 0.823. The van der Waals surface area contributed by atoms with Crippen LogP contribution in [-0.4, -0.2) is 35.6 Å². The minimum Gasteiger partial charge on any atom is -0.490 e. The second-order valence-corrected chi connectivity index (χ2v) is 6.87. The average Bonchev–Trinajstić information content (AvgIpc) is 2.89. The lowest BCUT2D eigenvalue weighted by Gasteiger charge is -2.16. The summed E-state index contributed by atoms with van der Waals surface area (Å²) in [5, 5.41) is 4.41. The molecule has 2 heterocycles. The van der Waals surface area contributed by atoms with E-state index in [0.29, 0.717) is 23.8 Å². The van der Waals surface area contributed by atoms with E-state index in [9.17, 15) is 9.59 Å². The highest BCUT2D eigenvalue weighted by atomic mass is 16.5. The van der Waals surface area contributed by atoms with Gasteiger partial charge in [0.05, 0.1) is 17.7 Å². The van der Waals surface area contributed by atoms with Gasteiger partial charge in [-0.15, -0.1) is 0 Å². The van der Waals surface area contributed by atoms with E-state index in [0.717, 1.165) is 17.2 Å². The van der Waals surface area contributed by atoms with Crippen LogP contribution >= 0.6 is 0 Å². The van der Waals surface area contributed by atoms with E-state index in [1.807, 2.05) is 20.8 Å². The molecule has 1 aromatic heterocycles. The molecule has 0 bridgehead atoms. The summed E-state index contributed by atoms with van der Waals surface area (Å²) in [6.45, 7) is 5.98. The zero-order chi connectivity index (χ0) is 18.8. The summed E-state index contributed by atoms with van der Waals surface area (Å²) in [7, 11) is 0. The molecule has 2 atom stereocenters. The molecule has 1 aliphatic heterocycles. The molecule has 7 heteroatoms. The van der Waals surface area contributed by atoms with E-state index in [2.05, 4.69) is 10.3 Å². The van der Waals surface area contributed by atoms with Gasteiger partial charge >= 0.3 is 0 Å². The minimum atomic E-state index is -0.551. The molecule has 1 aliphatic rings. The van der Waals surface area contributed by atoms with E-state index in [1.54, 1.807) is 24.4 Å². The summed E-state index contributed by atoms with van der Waals surface area (Å²) < 4.78 is 11.6. The summed E-state index contributed by atoms with van der Waals surface area (Å²) in [5.74, 6) is 0.322. The number of amides is 2. The molecule has 2 unspecified atom stereocenters. The number of pyridine rings is 1. The molecule has 3 N–H and O–H groups in total. The number of hydrogen-bond acceptors (Lipinski definition) is 5. The Bertz CT molecular complexity index is 850. The number of nitrogens with zero attached hydrogens (tertiary/aromatic N) is 1. The van der Waals surface area contributed by atoms with Crippen LogP contribution in [0.3, 0.4) is 0 Å². The Morgan fingerprint density at radius 3 is 2.81 bits per heavy atom. The summed E-state index contributed by atoms with van der Waals surface area (Å²) in [5.41, 5.74) is 5.80. The van der Waals surface area contributed by atoms with E-state index in [4.69, 9.17) is 15.2 Å². The molecule has 138 valence electrons. The standard InChI is InChI=1S/C19H23N3O4/c1-10(2)26-16-8-14-12(7-15(16)17(20)23)4-5-21-19(14)25-9-13-6-11(3)18(24)22-13/h4-5,7-8,10-11,13H,6,9H2,1-3H3,(H2,20,23)(H,22,24). The van der Waals surface area contributed by atoms with Crippen LogP contribution in [0.25, 0.3) is 10.8 Å². The minimum absolute atomic E-state index is 0.00625. The Hall–Kier alpha value is -2.83. The van der Waals surface area contributed by atoms with Crippen molar-refractivity contribution < 1.29 is 19.1 Å². The Morgan fingerprint density at radius 2 is 2.19 bits per heavy atom. The van der Waals surface area contributed by atoms with Crippen LogP contribution in [0.15, 0.2) is 24.4 Å². The zero-order valence-electron chi connectivity index (χ0n) is 15.1. The normalized spacial score (nSPS) is 19.6. The number of fused-ring (bicyclic) bond motifs is 1. The maximum atomic E-state index is 11.7. The molecule has 0 spiro atoms. The number of carbonyl (C=O) groups is 2. The number of nitrogens with one attached hydrogen (secondary N) is 1. The van der Waals surface area contributed by atoms with Gasteiger partial charge in [0.1, 0.15) is 12.4 Å². The number of benzene rings is 1. The van der Waals surface area contributed by atoms with Gasteiger partial charge in [0, 0.05) is 17.5 Å². The highest BCUT2D eigenvalue weighted by molar-refractivity contribution is 6.01. The first kappa shape index (κ1) is 18.0. The highest BCUT2D eigenvalue weighted by Crippen LogP contribution is 2.31. The number of nitrogens with two attached hydrogens (primary N) is 1. The molecule has 1 fully saturated rings. The first-order chi connectivity index (χ1) is 12.3. The van der Waals surface area contributed by atoms with Crippen molar-refractivity contribution in [3.05, 3.63) is 30.0 Å². The van der Waals surface area contributed by atoms with E-state index >= 15 is 0 Å². The fourth-order valence-corrected chi connectivity index (χ4v) is 3.06. The first-order valence-corrected chi connectivity index (χ1v) is 8.67. The third kappa shape index (κ3) is 3.71. The lowest BCUT2D eigenvalue weighted by Crippen LogP contribution is -2.31. The van der Waals surface area contributed by atoms with Crippen molar-refractivity contribution in [2.75, 3.05) is 6.61 Å². The Kier molecular flexibility index (Phi) is 4.97. The number of aromatic nitrogens is 1. The van der Waals surface area contributed by atoms with Crippen molar-refractivity contribution >= 4 is 22.6 Å². The monoisotopic (exact) mass is 357 g/mol. The largest absolute Gasteiger partial charge is 0.490 e. The lowest BCUT2D eigenvalue weighted by molar-refractivity contribution is -0.122. The van der Waals surface area contributed by atoms with Crippen LogP contribution in [0, 0.1) is 5.92 Å². The Labute approximate surface area is 151 Å². The smallest absolute Gasteiger partial charge is 0.252 e. The number of primary amides is 1. The third-order valence-electron chi connectivity index (χ3n) is 4.31. The van der Waals surface area contributed by atoms with Crippen molar-refractivity contribution in [3.63, 3.8) is 0 Å². The van der Waals surface area contributed by atoms with Crippen molar-refractivity contribution in [2.45, 2.75) is 39.3 Å². The maximum absolute atomic E-state index is 11.7. The predicted octanol–water partition coefficient (Wildman–Crippen LogP) is 2.02. The molecule has 3 rings (SSSR count). The van der Waals surface area contributed by atoms with Gasteiger partial charge in [-0.05, 0) is 43.9 Å². The van der Waals surface area contributed by atoms with Crippen LogP contribution in [0.4, 0.5) is 0 Å². The predicted molar refractivity (Wildman–Crippen MR) is 97.2 cm³/mol. The van der Waals surface area contributed by atoms with Gasteiger partial charge < -0.3 is 20.5 Å². The topological polar surface area (TPSA) is 104 Å². The van der Waals surface area contributed by atoms with Gasteiger partial charge in [0.15, 0.2) is 0 Å². The van der Waals surface area contributed by atoms with Crippen molar-refractivity contribution in [2.24, 2.45) is 11.7 Å². The molecule has 2 aromatic rings. The molecule has 0 aliphatic carbocycles. The molecule has 1 saturated heterocycles. The lowest BCUT2D eigenvalue weighted by atomic mass is 10.1. The van der Waals surface area contributed by atoms with Gasteiger partial charge in [-0.1, -0.05) is 6.92 Å². The summed E-state index contributed by atoms with van der Waals surface area (Å²) >= 11 is 0. The summed E-state index contributed by atoms with van der Waals surface area (Å²) in [4.78, 5) is 27.7. The molecule has 0 radical (unpaired) electrons. The summed E-state index contributed by atoms with van der Waals surface area (Å²) in [6.07, 6.45) is 2.24. The second-order valence-electron chi connectivity index (χ2n) is 6.87. The SMILES string of the molecule is CC(C)Oc1cc2c(OCC3CC(C)C(=O)N3)nccc2cc1C(N)=O. The van der Waals surface area contributed by atoms with E-state index in [-0.39, 0.29) is 24.0 Å². The van der Waals surface area contributed by atoms with Crippen molar-refractivity contribution in [1.29, 1.82) is 0 Å². The fraction of sp³-hybridized carbons (Fsp3) is 0.421.